The first-order chi connectivity index (χ1) is 14.0. The van der Waals surface area contributed by atoms with Gasteiger partial charge in [0, 0.05) is 29.9 Å². The summed E-state index contributed by atoms with van der Waals surface area (Å²) in [5.74, 6) is -0.284. The Hall–Kier alpha value is -3.00. The summed E-state index contributed by atoms with van der Waals surface area (Å²) in [5.41, 5.74) is 4.26. The molecular formula is C21H20BrFN6. The number of nitrogens with one attached hydrogen (secondary N) is 1. The summed E-state index contributed by atoms with van der Waals surface area (Å²) in [6.45, 7) is 6.35. The number of aryl methyl sites for hydroxylation is 1. The third-order valence-corrected chi connectivity index (χ3v) is 5.53. The van der Waals surface area contributed by atoms with E-state index < -0.39 is 0 Å². The lowest BCUT2D eigenvalue weighted by molar-refractivity contribution is 0.550. The Bertz CT molecular complexity index is 1160. The lowest BCUT2D eigenvalue weighted by atomic mass is 10.1. The molecule has 0 aliphatic heterocycles. The van der Waals surface area contributed by atoms with Crippen LogP contribution in [0.25, 0.3) is 22.3 Å². The van der Waals surface area contributed by atoms with E-state index in [-0.39, 0.29) is 11.9 Å². The average molecular weight is 455 g/mol. The van der Waals surface area contributed by atoms with Crippen molar-refractivity contribution >= 4 is 32.5 Å². The average Bonchev–Trinajstić information content (AvgIpc) is 3.30. The summed E-state index contributed by atoms with van der Waals surface area (Å²) in [7, 11) is 1.92. The van der Waals surface area contributed by atoms with E-state index in [9.17, 15) is 4.39 Å². The van der Waals surface area contributed by atoms with Crippen molar-refractivity contribution in [2.24, 2.45) is 7.05 Å². The third-order valence-electron chi connectivity index (χ3n) is 4.92. The normalized spacial score (nSPS) is 12.3. The third kappa shape index (κ3) is 3.55. The predicted octanol–water partition coefficient (Wildman–Crippen LogP) is 4.77. The molecule has 0 aliphatic rings. The molecule has 6 nitrogen and oxygen atoms in total. The highest BCUT2D eigenvalue weighted by Crippen LogP contribution is 2.29. The Balaban J connectivity index is 1.69. The number of rotatable bonds is 6. The number of pyridine rings is 1. The molecule has 0 fully saturated rings. The van der Waals surface area contributed by atoms with Crippen LogP contribution in [0.1, 0.15) is 30.6 Å². The van der Waals surface area contributed by atoms with Crippen LogP contribution in [0.4, 0.5) is 4.39 Å². The maximum atomic E-state index is 13.3. The molecule has 1 N–H and O–H groups in total. The summed E-state index contributed by atoms with van der Waals surface area (Å²) < 4.78 is 17.8. The number of nitrogens with zero attached hydrogens (tertiary/aromatic N) is 5. The standard InChI is InChI=1S/C21H20BrFN6/c1-4-19(21-18(22)11-25-28(21)3)27-13(2)16-9-24-12-20-17(16)10-26-29(20)15-7-5-14(23)6-8-15/h5-12,19,27H,2,4H2,1,3H3/t19-/m0/s1. The second kappa shape index (κ2) is 7.79. The van der Waals surface area contributed by atoms with Crippen molar-refractivity contribution in [2.45, 2.75) is 19.4 Å². The van der Waals surface area contributed by atoms with Crippen LogP contribution >= 0.6 is 15.9 Å². The van der Waals surface area contributed by atoms with Gasteiger partial charge in [0.15, 0.2) is 0 Å². The first-order valence-corrected chi connectivity index (χ1v) is 9.99. The second-order valence-corrected chi connectivity index (χ2v) is 7.59. The van der Waals surface area contributed by atoms with Gasteiger partial charge in [0.2, 0.25) is 0 Å². The molecule has 0 radical (unpaired) electrons. The van der Waals surface area contributed by atoms with Crippen molar-refractivity contribution in [1.82, 2.24) is 29.9 Å². The van der Waals surface area contributed by atoms with Crippen LogP contribution in [0.15, 0.2) is 60.1 Å². The Labute approximate surface area is 176 Å². The maximum absolute atomic E-state index is 13.3. The molecule has 0 saturated carbocycles. The van der Waals surface area contributed by atoms with Crippen molar-refractivity contribution < 1.29 is 4.39 Å². The maximum Gasteiger partial charge on any atom is 0.123 e. The number of fused-ring (bicyclic) bond motifs is 1. The number of hydrogen-bond acceptors (Lipinski definition) is 4. The minimum absolute atomic E-state index is 0.0341. The van der Waals surface area contributed by atoms with Crippen molar-refractivity contribution in [3.05, 3.63) is 77.2 Å². The predicted molar refractivity (Wildman–Crippen MR) is 115 cm³/mol. The smallest absolute Gasteiger partial charge is 0.123 e. The fourth-order valence-electron chi connectivity index (χ4n) is 3.43. The van der Waals surface area contributed by atoms with Gasteiger partial charge in [-0.2, -0.15) is 10.2 Å². The highest BCUT2D eigenvalue weighted by molar-refractivity contribution is 9.10. The zero-order chi connectivity index (χ0) is 20.5. The molecule has 0 bridgehead atoms. The van der Waals surface area contributed by atoms with Gasteiger partial charge < -0.3 is 5.32 Å². The number of aromatic nitrogens is 5. The van der Waals surface area contributed by atoms with Gasteiger partial charge in [-0.1, -0.05) is 13.5 Å². The van der Waals surface area contributed by atoms with Crippen LogP contribution in [0.3, 0.4) is 0 Å². The van der Waals surface area contributed by atoms with Crippen LogP contribution in [0.5, 0.6) is 0 Å². The van der Waals surface area contributed by atoms with E-state index in [2.05, 4.69) is 49.9 Å². The van der Waals surface area contributed by atoms with E-state index in [1.807, 2.05) is 11.7 Å². The van der Waals surface area contributed by atoms with E-state index >= 15 is 0 Å². The van der Waals surface area contributed by atoms with Gasteiger partial charge >= 0.3 is 0 Å². The summed E-state index contributed by atoms with van der Waals surface area (Å²) in [6, 6.07) is 6.24. The van der Waals surface area contributed by atoms with Crippen molar-refractivity contribution in [3.63, 3.8) is 0 Å². The highest BCUT2D eigenvalue weighted by Gasteiger charge is 2.19. The van der Waals surface area contributed by atoms with Crippen LogP contribution in [-0.4, -0.2) is 24.5 Å². The van der Waals surface area contributed by atoms with Gasteiger partial charge in [-0.05, 0) is 46.6 Å². The molecule has 0 unspecified atom stereocenters. The van der Waals surface area contributed by atoms with Crippen LogP contribution in [0.2, 0.25) is 0 Å². The first-order valence-electron chi connectivity index (χ1n) is 9.20. The van der Waals surface area contributed by atoms with E-state index in [1.54, 1.807) is 41.6 Å². The van der Waals surface area contributed by atoms with Crippen molar-refractivity contribution in [3.8, 4) is 5.69 Å². The Morgan fingerprint density at radius 3 is 2.59 bits per heavy atom. The second-order valence-electron chi connectivity index (χ2n) is 6.74. The molecule has 0 amide bonds. The largest absolute Gasteiger partial charge is 0.377 e. The monoisotopic (exact) mass is 454 g/mol. The van der Waals surface area contributed by atoms with Gasteiger partial charge in [-0.3, -0.25) is 9.67 Å². The molecule has 3 aromatic heterocycles. The molecule has 4 rings (SSSR count). The minimum Gasteiger partial charge on any atom is -0.377 e. The minimum atomic E-state index is -0.284. The molecule has 3 heterocycles. The first kappa shape index (κ1) is 19.3. The Kier molecular flexibility index (Phi) is 5.19. The highest BCUT2D eigenvalue weighted by atomic mass is 79.9. The molecular weight excluding hydrogens is 435 g/mol. The molecule has 0 saturated heterocycles. The van der Waals surface area contributed by atoms with Gasteiger partial charge in [0.1, 0.15) is 5.82 Å². The van der Waals surface area contributed by atoms with Gasteiger partial charge in [-0.15, -0.1) is 0 Å². The SMILES string of the molecule is C=C(N[C@@H](CC)c1c(Br)cnn1C)c1cncc2c1cnn2-c1ccc(F)cc1. The summed E-state index contributed by atoms with van der Waals surface area (Å²) >= 11 is 3.57. The zero-order valence-corrected chi connectivity index (χ0v) is 17.7. The van der Waals surface area contributed by atoms with Gasteiger partial charge in [0.05, 0.1) is 46.0 Å². The van der Waals surface area contributed by atoms with E-state index in [4.69, 9.17) is 0 Å². The molecule has 0 spiro atoms. The zero-order valence-electron chi connectivity index (χ0n) is 16.1. The number of hydrogen-bond donors (Lipinski definition) is 1. The number of benzene rings is 1. The molecule has 1 atom stereocenters. The van der Waals surface area contributed by atoms with Crippen LogP contribution < -0.4 is 5.32 Å². The fourth-order valence-corrected chi connectivity index (χ4v) is 4.06. The van der Waals surface area contributed by atoms with E-state index in [1.165, 1.54) is 12.1 Å². The van der Waals surface area contributed by atoms with Crippen molar-refractivity contribution in [2.75, 3.05) is 0 Å². The summed E-state index contributed by atoms with van der Waals surface area (Å²) in [4.78, 5) is 4.38. The molecule has 148 valence electrons. The quantitative estimate of drug-likeness (QED) is 0.455. The summed E-state index contributed by atoms with van der Waals surface area (Å²) in [6.07, 6.45) is 7.95. The Morgan fingerprint density at radius 2 is 1.93 bits per heavy atom. The van der Waals surface area contributed by atoms with Crippen LogP contribution in [0, 0.1) is 5.82 Å². The summed E-state index contributed by atoms with van der Waals surface area (Å²) in [5, 5.41) is 13.2. The molecule has 0 aliphatic carbocycles. The van der Waals surface area contributed by atoms with E-state index in [0.29, 0.717) is 0 Å². The Morgan fingerprint density at radius 1 is 1.17 bits per heavy atom. The fraction of sp³-hybridized carbons (Fsp3) is 0.190. The topological polar surface area (TPSA) is 60.6 Å². The molecule has 8 heteroatoms. The molecule has 4 aromatic rings. The number of halogens is 2. The lowest BCUT2D eigenvalue weighted by Gasteiger charge is -2.21. The van der Waals surface area contributed by atoms with Crippen LogP contribution in [-0.2, 0) is 7.05 Å². The van der Waals surface area contributed by atoms with Crippen molar-refractivity contribution in [1.29, 1.82) is 0 Å². The van der Waals surface area contributed by atoms with Gasteiger partial charge in [0.25, 0.3) is 0 Å². The molecule has 29 heavy (non-hydrogen) atoms. The lowest BCUT2D eigenvalue weighted by Crippen LogP contribution is -2.22. The van der Waals surface area contributed by atoms with E-state index in [0.717, 1.165) is 44.4 Å². The van der Waals surface area contributed by atoms with Gasteiger partial charge in [-0.25, -0.2) is 9.07 Å². The molecule has 1 aromatic carbocycles.